The Bertz CT molecular complexity index is 42.8. The van der Waals surface area contributed by atoms with Crippen molar-refractivity contribution in [3.63, 3.8) is 0 Å². The van der Waals surface area contributed by atoms with Crippen LogP contribution >= 0.6 is 11.8 Å². The van der Waals surface area contributed by atoms with Crippen LogP contribution in [0.3, 0.4) is 0 Å². The van der Waals surface area contributed by atoms with E-state index in [2.05, 4.69) is 16.2 Å². The standard InChI is InChI=1S/C4H7STe/c6-2-1-4-3-5-4/h2,4,6H,1,3H2. The summed E-state index contributed by atoms with van der Waals surface area (Å²) in [6.07, 6.45) is 1.35. The Balaban J connectivity index is 1.88. The molecule has 1 unspecified atom stereocenters. The molecule has 0 aromatic rings. The third-order valence-electron chi connectivity index (χ3n) is 0.771. The molecule has 35 valence electrons. The van der Waals surface area contributed by atoms with E-state index in [9.17, 15) is 0 Å². The van der Waals surface area contributed by atoms with E-state index in [1.165, 1.54) is 12.2 Å². The summed E-state index contributed by atoms with van der Waals surface area (Å²) in [5.74, 6) is 1.42. The Hall–Kier alpha value is 1.14. The molecule has 2 heteroatoms. The van der Waals surface area contributed by atoms with Crippen molar-refractivity contribution < 1.29 is 0 Å². The fourth-order valence-corrected chi connectivity index (χ4v) is 1.98. The van der Waals surface area contributed by atoms with Crippen molar-refractivity contribution in [2.75, 3.05) is 5.75 Å². The molecule has 0 N–H and O–H groups in total. The van der Waals surface area contributed by atoms with Crippen LogP contribution < -0.4 is 0 Å². The van der Waals surface area contributed by atoms with Gasteiger partial charge in [0.25, 0.3) is 0 Å². The molecule has 0 saturated carbocycles. The predicted molar refractivity (Wildman–Crippen MR) is 32.3 cm³/mol. The first-order valence-electron chi connectivity index (χ1n) is 2.01. The van der Waals surface area contributed by atoms with Gasteiger partial charge in [-0.3, -0.25) is 0 Å². The van der Waals surface area contributed by atoms with Gasteiger partial charge in [0.2, 0.25) is 0 Å². The fraction of sp³-hybridized carbons (Fsp3) is 0.750. The van der Waals surface area contributed by atoms with Crippen LogP contribution in [-0.2, 0) is 0 Å². The first-order valence-corrected chi connectivity index (χ1v) is 4.53. The number of hydrogen-bond acceptors (Lipinski definition) is 1. The van der Waals surface area contributed by atoms with Crippen LogP contribution in [0.5, 0.6) is 0 Å². The van der Waals surface area contributed by atoms with E-state index in [4.69, 9.17) is 0 Å². The molecule has 1 aliphatic rings. The van der Waals surface area contributed by atoms with Gasteiger partial charge in [-0.2, -0.15) is 0 Å². The Labute approximate surface area is 56.0 Å². The van der Waals surface area contributed by atoms with Crippen molar-refractivity contribution in [2.24, 2.45) is 0 Å². The maximum atomic E-state index is 2.29. The first kappa shape index (κ1) is 5.28. The fourth-order valence-electron chi connectivity index (χ4n) is 0.322. The van der Waals surface area contributed by atoms with E-state index in [1.807, 2.05) is 22.3 Å². The van der Waals surface area contributed by atoms with Crippen molar-refractivity contribution in [3.05, 3.63) is 4.47 Å². The van der Waals surface area contributed by atoms with Gasteiger partial charge < -0.3 is 0 Å². The van der Waals surface area contributed by atoms with Crippen LogP contribution in [0, 0.1) is 4.47 Å². The number of thioether (sulfide) groups is 1. The molecule has 0 aromatic carbocycles. The zero-order chi connectivity index (χ0) is 4.41. The molecule has 1 radical (unpaired) electrons. The summed E-state index contributed by atoms with van der Waals surface area (Å²) in [5, 5.41) is 1.02. The van der Waals surface area contributed by atoms with Crippen LogP contribution in [0.25, 0.3) is 0 Å². The summed E-state index contributed by atoms with van der Waals surface area (Å²) in [7, 11) is 0. The second-order valence-corrected chi connectivity index (χ2v) is 3.75. The summed E-state index contributed by atoms with van der Waals surface area (Å²) < 4.78 is 2.29. The van der Waals surface area contributed by atoms with Gasteiger partial charge in [-0.1, -0.05) is 0 Å². The zero-order valence-corrected chi connectivity index (χ0v) is 6.79. The van der Waals surface area contributed by atoms with E-state index in [1.54, 1.807) is 0 Å². The molecule has 1 aliphatic heterocycles. The van der Waals surface area contributed by atoms with Gasteiger partial charge in [-0.25, -0.2) is 0 Å². The molecule has 1 heterocycles. The molecule has 1 saturated heterocycles. The molecule has 0 aromatic heterocycles. The minimum absolute atomic E-state index is 1.02. The molecular formula is C4H7STe. The molecule has 0 amide bonds. The van der Waals surface area contributed by atoms with Crippen LogP contribution in [0.15, 0.2) is 0 Å². The van der Waals surface area contributed by atoms with E-state index in [-0.39, 0.29) is 0 Å². The first-order chi connectivity index (χ1) is 2.93. The molecular weight excluding hydrogens is 208 g/mol. The van der Waals surface area contributed by atoms with Gasteiger partial charge in [0.05, 0.1) is 0 Å². The average molecular weight is 215 g/mol. The number of hydrogen-bond donors (Lipinski definition) is 0. The van der Waals surface area contributed by atoms with Crippen LogP contribution in [0.4, 0.5) is 0 Å². The Morgan fingerprint density at radius 1 is 2.00 bits per heavy atom. The Morgan fingerprint density at radius 3 is 2.83 bits per heavy atom. The Kier molecular flexibility index (Phi) is 2.15. The molecule has 0 spiro atoms. The Morgan fingerprint density at radius 2 is 2.67 bits per heavy atom. The predicted octanol–water partition coefficient (Wildman–Crippen LogP) is 0.554. The molecule has 0 aliphatic carbocycles. The van der Waals surface area contributed by atoms with Crippen molar-refractivity contribution in [3.8, 4) is 0 Å². The average Bonchev–Trinajstić information content (AvgIpc) is 2.21. The van der Waals surface area contributed by atoms with Gasteiger partial charge >= 0.3 is 55.9 Å². The second kappa shape index (κ2) is 2.45. The molecule has 1 rings (SSSR count). The van der Waals surface area contributed by atoms with Gasteiger partial charge in [-0.05, 0) is 0 Å². The normalized spacial score (nSPS) is 30.5. The SMILES string of the molecule is [TeH][CH]CC1CS1. The van der Waals surface area contributed by atoms with Crippen LogP contribution in [-0.4, -0.2) is 33.3 Å². The molecule has 6 heavy (non-hydrogen) atoms. The molecule has 0 nitrogen and oxygen atoms in total. The quantitative estimate of drug-likeness (QED) is 0.478. The van der Waals surface area contributed by atoms with Crippen molar-refractivity contribution in [1.82, 2.24) is 0 Å². The van der Waals surface area contributed by atoms with Crippen molar-refractivity contribution in [1.29, 1.82) is 0 Å². The topological polar surface area (TPSA) is 0 Å². The zero-order valence-electron chi connectivity index (χ0n) is 3.42. The van der Waals surface area contributed by atoms with Gasteiger partial charge in [-0.15, -0.1) is 0 Å². The van der Waals surface area contributed by atoms with Crippen LogP contribution in [0.2, 0.25) is 0 Å². The van der Waals surface area contributed by atoms with Gasteiger partial charge in [0.1, 0.15) is 0 Å². The van der Waals surface area contributed by atoms with E-state index in [0.29, 0.717) is 0 Å². The monoisotopic (exact) mass is 217 g/mol. The third-order valence-corrected chi connectivity index (χ3v) is 2.37. The number of rotatable bonds is 2. The van der Waals surface area contributed by atoms with Gasteiger partial charge in [0.15, 0.2) is 0 Å². The maximum absolute atomic E-state index is 2.29. The van der Waals surface area contributed by atoms with E-state index >= 15 is 0 Å². The molecule has 1 atom stereocenters. The summed E-state index contributed by atoms with van der Waals surface area (Å²) in [4.78, 5) is 0. The summed E-state index contributed by atoms with van der Waals surface area (Å²) in [6, 6.07) is 0. The van der Waals surface area contributed by atoms with E-state index in [0.717, 1.165) is 5.25 Å². The summed E-state index contributed by atoms with van der Waals surface area (Å²) >= 11 is 3.89. The molecule has 0 bridgehead atoms. The van der Waals surface area contributed by atoms with Crippen LogP contribution in [0.1, 0.15) is 6.42 Å². The summed E-state index contributed by atoms with van der Waals surface area (Å²) in [6.45, 7) is 0. The second-order valence-electron chi connectivity index (χ2n) is 1.37. The summed E-state index contributed by atoms with van der Waals surface area (Å²) in [5.41, 5.74) is 0. The molecule has 1 fully saturated rings. The third kappa shape index (κ3) is 1.73. The van der Waals surface area contributed by atoms with Gasteiger partial charge in [0, 0.05) is 0 Å². The minimum atomic E-state index is 1.02. The van der Waals surface area contributed by atoms with E-state index < -0.39 is 0 Å². The van der Waals surface area contributed by atoms with Crippen molar-refractivity contribution >= 4 is 34.1 Å². The van der Waals surface area contributed by atoms with Crippen molar-refractivity contribution in [2.45, 2.75) is 11.7 Å².